The summed E-state index contributed by atoms with van der Waals surface area (Å²) in [5.74, 6) is 2.15. The van der Waals surface area contributed by atoms with Crippen molar-refractivity contribution < 1.29 is 9.52 Å². The molecule has 0 amide bonds. The molecule has 17 heavy (non-hydrogen) atoms. The molecule has 0 saturated carbocycles. The number of pyridine rings is 1. The molecule has 86 valence electrons. The van der Waals surface area contributed by atoms with Crippen LogP contribution in [-0.4, -0.2) is 14.5 Å². The predicted molar refractivity (Wildman–Crippen MR) is 67.0 cm³/mol. The zero-order valence-corrected chi connectivity index (χ0v) is 10.6. The molecule has 0 aromatic carbocycles. The number of imidazole rings is 1. The van der Waals surface area contributed by atoms with Crippen molar-refractivity contribution in [2.75, 3.05) is 0 Å². The zero-order chi connectivity index (χ0) is 12.0. The van der Waals surface area contributed by atoms with E-state index in [0.717, 1.165) is 11.3 Å². The van der Waals surface area contributed by atoms with E-state index in [2.05, 4.69) is 20.9 Å². The first-order valence-corrected chi connectivity index (χ1v) is 5.89. The van der Waals surface area contributed by atoms with Crippen molar-refractivity contribution in [3.8, 4) is 17.5 Å². The summed E-state index contributed by atoms with van der Waals surface area (Å²) in [5, 5.41) is 9.89. The van der Waals surface area contributed by atoms with Crippen LogP contribution in [0.2, 0.25) is 0 Å². The summed E-state index contributed by atoms with van der Waals surface area (Å²) in [6.45, 7) is 1.87. The molecule has 5 heteroatoms. The molecule has 0 fully saturated rings. The van der Waals surface area contributed by atoms with Gasteiger partial charge in [-0.05, 0) is 47.1 Å². The van der Waals surface area contributed by atoms with Crippen LogP contribution >= 0.6 is 15.9 Å². The van der Waals surface area contributed by atoms with Crippen LogP contribution in [0, 0.1) is 6.92 Å². The molecule has 0 radical (unpaired) electrons. The third-order valence-corrected chi connectivity index (χ3v) is 3.14. The third-order valence-electron chi connectivity index (χ3n) is 2.56. The highest BCUT2D eigenvalue weighted by Crippen LogP contribution is 2.30. The van der Waals surface area contributed by atoms with Gasteiger partial charge >= 0.3 is 0 Å². The van der Waals surface area contributed by atoms with Crippen molar-refractivity contribution in [2.24, 2.45) is 0 Å². The molecule has 0 saturated heterocycles. The van der Waals surface area contributed by atoms with Gasteiger partial charge in [-0.15, -0.1) is 0 Å². The lowest BCUT2D eigenvalue weighted by Gasteiger charge is -2.00. The van der Waals surface area contributed by atoms with E-state index in [4.69, 9.17) is 4.42 Å². The van der Waals surface area contributed by atoms with E-state index in [0.29, 0.717) is 16.2 Å². The average Bonchev–Trinajstić information content (AvgIpc) is 2.85. The molecule has 3 rings (SSSR count). The van der Waals surface area contributed by atoms with Crippen molar-refractivity contribution in [1.82, 2.24) is 9.38 Å². The van der Waals surface area contributed by atoms with E-state index < -0.39 is 0 Å². The van der Waals surface area contributed by atoms with Crippen LogP contribution in [0.5, 0.6) is 5.88 Å². The van der Waals surface area contributed by atoms with E-state index in [9.17, 15) is 5.11 Å². The standard InChI is InChI=1S/C12H9BrN2O2/c1-7-5-6-9(17-7)12-14-11(13)8-3-2-4-10(16)15(8)12/h2-6,16H,1H3. The Labute approximate surface area is 106 Å². The molecule has 0 aliphatic heterocycles. The predicted octanol–water partition coefficient (Wildman–Crippen LogP) is 3.37. The van der Waals surface area contributed by atoms with Gasteiger partial charge in [-0.25, -0.2) is 4.98 Å². The minimum Gasteiger partial charge on any atom is -0.494 e. The fourth-order valence-electron chi connectivity index (χ4n) is 1.80. The first-order valence-electron chi connectivity index (χ1n) is 5.09. The Morgan fingerprint density at radius 2 is 2.12 bits per heavy atom. The summed E-state index contributed by atoms with van der Waals surface area (Å²) in [6, 6.07) is 8.96. The Morgan fingerprint density at radius 3 is 2.82 bits per heavy atom. The Morgan fingerprint density at radius 1 is 1.29 bits per heavy atom. The Balaban J connectivity index is 2.37. The van der Waals surface area contributed by atoms with Gasteiger partial charge in [0.1, 0.15) is 10.4 Å². The molecule has 1 N–H and O–H groups in total. The van der Waals surface area contributed by atoms with Crippen molar-refractivity contribution >= 4 is 21.4 Å². The summed E-state index contributed by atoms with van der Waals surface area (Å²) in [6.07, 6.45) is 0. The van der Waals surface area contributed by atoms with Crippen LogP contribution in [0.3, 0.4) is 0 Å². The molecule has 3 aromatic rings. The fourth-order valence-corrected chi connectivity index (χ4v) is 2.28. The van der Waals surface area contributed by atoms with Gasteiger partial charge in [0.05, 0.1) is 5.52 Å². The fraction of sp³-hybridized carbons (Fsp3) is 0.0833. The lowest BCUT2D eigenvalue weighted by Crippen LogP contribution is -1.88. The summed E-state index contributed by atoms with van der Waals surface area (Å²) >= 11 is 3.37. The summed E-state index contributed by atoms with van der Waals surface area (Å²) in [4.78, 5) is 4.36. The highest BCUT2D eigenvalue weighted by Gasteiger charge is 2.15. The number of hydrogen-bond donors (Lipinski definition) is 1. The zero-order valence-electron chi connectivity index (χ0n) is 9.01. The van der Waals surface area contributed by atoms with Crippen LogP contribution in [0.15, 0.2) is 39.4 Å². The highest BCUT2D eigenvalue weighted by molar-refractivity contribution is 9.10. The lowest BCUT2D eigenvalue weighted by atomic mass is 10.4. The third kappa shape index (κ3) is 1.54. The average molecular weight is 293 g/mol. The van der Waals surface area contributed by atoms with Gasteiger partial charge < -0.3 is 9.52 Å². The highest BCUT2D eigenvalue weighted by atomic mass is 79.9. The van der Waals surface area contributed by atoms with E-state index >= 15 is 0 Å². The van der Waals surface area contributed by atoms with Crippen LogP contribution in [0.25, 0.3) is 17.1 Å². The maximum atomic E-state index is 9.89. The van der Waals surface area contributed by atoms with E-state index in [1.807, 2.05) is 25.1 Å². The number of hydrogen-bond acceptors (Lipinski definition) is 3. The van der Waals surface area contributed by atoms with E-state index in [-0.39, 0.29) is 5.88 Å². The normalized spacial score (nSPS) is 11.2. The van der Waals surface area contributed by atoms with E-state index in [1.54, 1.807) is 16.5 Å². The number of nitrogens with zero attached hydrogens (tertiary/aromatic N) is 2. The molecule has 0 aliphatic rings. The quantitative estimate of drug-likeness (QED) is 0.748. The first-order chi connectivity index (χ1) is 8.16. The van der Waals surface area contributed by atoms with Crippen molar-refractivity contribution in [3.05, 3.63) is 40.7 Å². The molecule has 0 bridgehead atoms. The number of rotatable bonds is 1. The van der Waals surface area contributed by atoms with Crippen LogP contribution in [-0.2, 0) is 0 Å². The Kier molecular flexibility index (Phi) is 2.22. The SMILES string of the molecule is Cc1ccc(-c2nc(Br)c3cccc(O)n23)o1. The van der Waals surface area contributed by atoms with Gasteiger partial charge in [0.15, 0.2) is 17.5 Å². The molecule has 0 aliphatic carbocycles. The van der Waals surface area contributed by atoms with E-state index in [1.165, 1.54) is 0 Å². The summed E-state index contributed by atoms with van der Waals surface area (Å²) in [5.41, 5.74) is 0.800. The van der Waals surface area contributed by atoms with Crippen molar-refractivity contribution in [2.45, 2.75) is 6.92 Å². The second-order valence-electron chi connectivity index (χ2n) is 3.74. The number of furan rings is 1. The minimum atomic E-state index is 0.129. The van der Waals surface area contributed by atoms with Gasteiger partial charge in [-0.2, -0.15) is 0 Å². The molecular formula is C12H9BrN2O2. The maximum Gasteiger partial charge on any atom is 0.197 e. The molecule has 0 atom stereocenters. The van der Waals surface area contributed by atoms with Gasteiger partial charge in [-0.1, -0.05) is 6.07 Å². The lowest BCUT2D eigenvalue weighted by molar-refractivity contribution is 0.445. The molecule has 3 aromatic heterocycles. The second-order valence-corrected chi connectivity index (χ2v) is 4.49. The molecular weight excluding hydrogens is 284 g/mol. The molecule has 0 unspecified atom stereocenters. The first kappa shape index (κ1) is 10.4. The number of aromatic hydroxyl groups is 1. The molecule has 4 nitrogen and oxygen atoms in total. The topological polar surface area (TPSA) is 50.7 Å². The summed E-state index contributed by atoms with van der Waals surface area (Å²) in [7, 11) is 0. The van der Waals surface area contributed by atoms with Gasteiger partial charge in [0, 0.05) is 0 Å². The smallest absolute Gasteiger partial charge is 0.197 e. The Bertz CT molecular complexity index is 700. The molecule has 3 heterocycles. The number of fused-ring (bicyclic) bond motifs is 1. The van der Waals surface area contributed by atoms with Crippen LogP contribution in [0.1, 0.15) is 5.76 Å². The maximum absolute atomic E-state index is 9.89. The summed E-state index contributed by atoms with van der Waals surface area (Å²) < 4.78 is 7.85. The number of aromatic nitrogens is 2. The number of halogens is 1. The molecule has 0 spiro atoms. The Hall–Kier alpha value is -1.75. The monoisotopic (exact) mass is 292 g/mol. The van der Waals surface area contributed by atoms with Crippen molar-refractivity contribution in [3.63, 3.8) is 0 Å². The minimum absolute atomic E-state index is 0.129. The second kappa shape index (κ2) is 3.63. The van der Waals surface area contributed by atoms with Gasteiger partial charge in [0.25, 0.3) is 0 Å². The van der Waals surface area contributed by atoms with Gasteiger partial charge in [-0.3, -0.25) is 4.40 Å². The van der Waals surface area contributed by atoms with Gasteiger partial charge in [0.2, 0.25) is 0 Å². The van der Waals surface area contributed by atoms with Crippen LogP contribution in [0.4, 0.5) is 0 Å². The largest absolute Gasteiger partial charge is 0.494 e. The van der Waals surface area contributed by atoms with Crippen molar-refractivity contribution in [1.29, 1.82) is 0 Å². The number of aryl methyl sites for hydroxylation is 1. The van der Waals surface area contributed by atoms with Crippen LogP contribution < -0.4 is 0 Å².